The Labute approximate surface area is 200 Å². The lowest BCUT2D eigenvalue weighted by molar-refractivity contribution is -0.673. The van der Waals surface area contributed by atoms with Gasteiger partial charge in [-0.2, -0.15) is 0 Å². The van der Waals surface area contributed by atoms with Crippen LogP contribution in [0.15, 0.2) is 24.4 Å². The molecule has 3 heterocycles. The van der Waals surface area contributed by atoms with E-state index in [4.69, 9.17) is 9.47 Å². The average molecular weight is 483 g/mol. The number of thiophene rings is 2. The molecule has 4 rings (SSSR count). The fraction of sp³-hybridized carbons (Fsp3) is 0.280. The predicted octanol–water partition coefficient (Wildman–Crippen LogP) is 4.74. The second kappa shape index (κ2) is 9.03. The highest BCUT2D eigenvalue weighted by atomic mass is 32.1. The molecular weight excluding hydrogens is 458 g/mol. The Morgan fingerprint density at radius 1 is 0.939 bits per heavy atom. The number of fused-ring (bicyclic) bond motifs is 2. The molecule has 0 N–H and O–H groups in total. The number of esters is 1. The maximum Gasteiger partial charge on any atom is 0.340 e. The van der Waals surface area contributed by atoms with Gasteiger partial charge in [-0.3, -0.25) is 9.59 Å². The standard InChI is InChI=1S/C25H24NO5S2/c1-6-30-16(12-15-10-8-9-11-26(15)5)17-13(3)32-23-19(17)21(27)24-20(22(23)28)18(14(4)33-24)25(29)31-7-2/h8-12H,6-7H2,1-5H3/q+1/b16-12-. The highest BCUT2D eigenvalue weighted by molar-refractivity contribution is 7.17. The summed E-state index contributed by atoms with van der Waals surface area (Å²) in [5.74, 6) is -0.604. The van der Waals surface area contributed by atoms with Gasteiger partial charge in [0.05, 0.1) is 45.7 Å². The Kier molecular flexibility index (Phi) is 6.32. The molecule has 0 saturated heterocycles. The molecule has 1 aliphatic rings. The van der Waals surface area contributed by atoms with Crippen LogP contribution in [0.25, 0.3) is 11.8 Å². The van der Waals surface area contributed by atoms with Crippen molar-refractivity contribution < 1.29 is 28.4 Å². The van der Waals surface area contributed by atoms with Crippen LogP contribution in [0, 0.1) is 13.8 Å². The summed E-state index contributed by atoms with van der Waals surface area (Å²) < 4.78 is 13.1. The first kappa shape index (κ1) is 23.1. The first-order valence-electron chi connectivity index (χ1n) is 10.6. The van der Waals surface area contributed by atoms with E-state index in [0.29, 0.717) is 33.2 Å². The number of hydrogen-bond acceptors (Lipinski definition) is 7. The van der Waals surface area contributed by atoms with Crippen LogP contribution in [0.1, 0.15) is 75.7 Å². The number of pyridine rings is 1. The Balaban J connectivity index is 1.91. The molecule has 0 aromatic carbocycles. The van der Waals surface area contributed by atoms with Gasteiger partial charge in [0, 0.05) is 27.5 Å². The molecule has 33 heavy (non-hydrogen) atoms. The van der Waals surface area contributed by atoms with E-state index < -0.39 is 5.97 Å². The molecule has 0 radical (unpaired) electrons. The Bertz CT molecular complexity index is 1330. The third-order valence-electron chi connectivity index (χ3n) is 5.43. The predicted molar refractivity (Wildman–Crippen MR) is 128 cm³/mol. The molecule has 3 aromatic rings. The molecule has 0 atom stereocenters. The van der Waals surface area contributed by atoms with E-state index in [1.807, 2.05) is 55.9 Å². The zero-order valence-electron chi connectivity index (χ0n) is 19.1. The lowest BCUT2D eigenvalue weighted by Gasteiger charge is -2.15. The fourth-order valence-electron chi connectivity index (χ4n) is 3.98. The quantitative estimate of drug-likeness (QED) is 0.226. The maximum absolute atomic E-state index is 13.7. The summed E-state index contributed by atoms with van der Waals surface area (Å²) in [4.78, 5) is 41.8. The third-order valence-corrected chi connectivity index (χ3v) is 7.64. The van der Waals surface area contributed by atoms with E-state index in [1.54, 1.807) is 13.8 Å². The number of rotatable bonds is 6. The van der Waals surface area contributed by atoms with Gasteiger partial charge in [-0.1, -0.05) is 0 Å². The van der Waals surface area contributed by atoms with Crippen LogP contribution in [0.2, 0.25) is 0 Å². The molecular formula is C25H24NO5S2+. The van der Waals surface area contributed by atoms with Gasteiger partial charge in [0.25, 0.3) is 0 Å². The van der Waals surface area contributed by atoms with Gasteiger partial charge in [-0.15, -0.1) is 22.7 Å². The first-order valence-corrected chi connectivity index (χ1v) is 12.3. The number of nitrogens with zero attached hydrogens (tertiary/aromatic N) is 1. The SMILES string of the molecule is CCOC(=O)c1c(C)sc2c1C(=O)c1sc(C)c(/C(=C/c3cccc[n+]3C)OCC)c1C2=O. The minimum absolute atomic E-state index is 0.164. The number of hydrogen-bond donors (Lipinski definition) is 0. The molecule has 0 spiro atoms. The number of ketones is 2. The van der Waals surface area contributed by atoms with Gasteiger partial charge >= 0.3 is 5.97 Å². The molecule has 0 amide bonds. The molecule has 0 fully saturated rings. The minimum Gasteiger partial charge on any atom is -0.493 e. The third kappa shape index (κ3) is 3.83. The second-order valence-electron chi connectivity index (χ2n) is 7.53. The second-order valence-corrected chi connectivity index (χ2v) is 9.98. The largest absolute Gasteiger partial charge is 0.493 e. The first-order chi connectivity index (χ1) is 15.8. The van der Waals surface area contributed by atoms with E-state index in [9.17, 15) is 14.4 Å². The monoisotopic (exact) mass is 482 g/mol. The average Bonchev–Trinajstić information content (AvgIpc) is 3.31. The fourth-order valence-corrected chi connectivity index (χ4v) is 6.17. The molecule has 0 saturated carbocycles. The van der Waals surface area contributed by atoms with Gasteiger partial charge in [-0.25, -0.2) is 9.36 Å². The van der Waals surface area contributed by atoms with Crippen LogP contribution < -0.4 is 4.57 Å². The molecule has 1 aliphatic carbocycles. The molecule has 0 aliphatic heterocycles. The normalized spacial score (nSPS) is 13.1. The van der Waals surface area contributed by atoms with Crippen LogP contribution in [-0.2, 0) is 16.5 Å². The summed E-state index contributed by atoms with van der Waals surface area (Å²) in [5, 5.41) is 0. The van der Waals surface area contributed by atoms with Crippen molar-refractivity contribution in [1.29, 1.82) is 0 Å². The Hall–Kier alpha value is -3.10. The van der Waals surface area contributed by atoms with Crippen LogP contribution in [0.4, 0.5) is 0 Å². The van der Waals surface area contributed by atoms with Gasteiger partial charge < -0.3 is 9.47 Å². The van der Waals surface area contributed by atoms with E-state index in [2.05, 4.69) is 0 Å². The molecule has 3 aromatic heterocycles. The Morgan fingerprint density at radius 2 is 1.52 bits per heavy atom. The van der Waals surface area contributed by atoms with Gasteiger partial charge in [0.15, 0.2) is 6.20 Å². The smallest absolute Gasteiger partial charge is 0.340 e. The van der Waals surface area contributed by atoms with Crippen molar-refractivity contribution >= 4 is 52.0 Å². The summed E-state index contributed by atoms with van der Waals surface area (Å²) in [6.45, 7) is 7.80. The van der Waals surface area contributed by atoms with Crippen molar-refractivity contribution in [2.45, 2.75) is 27.7 Å². The van der Waals surface area contributed by atoms with E-state index in [0.717, 1.165) is 21.9 Å². The topological polar surface area (TPSA) is 73.6 Å². The molecule has 0 bridgehead atoms. The zero-order chi connectivity index (χ0) is 23.9. The van der Waals surface area contributed by atoms with Crippen LogP contribution in [0.5, 0.6) is 0 Å². The number of carbonyl (C=O) groups is 3. The number of aryl methyl sites for hydroxylation is 3. The summed E-state index contributed by atoms with van der Waals surface area (Å²) in [6.07, 6.45) is 3.81. The van der Waals surface area contributed by atoms with Crippen molar-refractivity contribution in [3.8, 4) is 0 Å². The summed E-state index contributed by atoms with van der Waals surface area (Å²) in [5.41, 5.74) is 2.24. The Morgan fingerprint density at radius 3 is 2.09 bits per heavy atom. The van der Waals surface area contributed by atoms with Crippen molar-refractivity contribution in [3.05, 3.63) is 71.9 Å². The molecule has 0 unspecified atom stereocenters. The van der Waals surface area contributed by atoms with E-state index in [1.165, 1.54) is 11.3 Å². The lowest BCUT2D eigenvalue weighted by atomic mass is 9.89. The van der Waals surface area contributed by atoms with Crippen LogP contribution >= 0.6 is 22.7 Å². The van der Waals surface area contributed by atoms with E-state index >= 15 is 0 Å². The summed E-state index contributed by atoms with van der Waals surface area (Å²) in [7, 11) is 1.93. The maximum atomic E-state index is 13.7. The zero-order valence-corrected chi connectivity index (χ0v) is 20.7. The minimum atomic E-state index is -0.572. The van der Waals surface area contributed by atoms with E-state index in [-0.39, 0.29) is 34.2 Å². The number of aromatic nitrogens is 1. The van der Waals surface area contributed by atoms with Crippen molar-refractivity contribution in [1.82, 2.24) is 0 Å². The van der Waals surface area contributed by atoms with Gasteiger partial charge in [0.2, 0.25) is 17.3 Å². The summed E-state index contributed by atoms with van der Waals surface area (Å²) in [6, 6.07) is 5.81. The molecule has 170 valence electrons. The van der Waals surface area contributed by atoms with Crippen molar-refractivity contribution in [2.24, 2.45) is 7.05 Å². The van der Waals surface area contributed by atoms with Gasteiger partial charge in [-0.05, 0) is 33.8 Å². The highest BCUT2D eigenvalue weighted by Crippen LogP contribution is 2.44. The molecule has 8 heteroatoms. The highest BCUT2D eigenvalue weighted by Gasteiger charge is 2.41. The van der Waals surface area contributed by atoms with Crippen molar-refractivity contribution in [2.75, 3.05) is 13.2 Å². The van der Waals surface area contributed by atoms with Crippen LogP contribution in [-0.4, -0.2) is 30.7 Å². The number of ether oxygens (including phenoxy) is 2. The molecule has 6 nitrogen and oxygen atoms in total. The lowest BCUT2D eigenvalue weighted by Crippen LogP contribution is -2.30. The van der Waals surface area contributed by atoms with Gasteiger partial charge in [0.1, 0.15) is 12.8 Å². The summed E-state index contributed by atoms with van der Waals surface area (Å²) >= 11 is 2.42. The van der Waals surface area contributed by atoms with Crippen LogP contribution in [0.3, 0.4) is 0 Å². The number of carbonyl (C=O) groups excluding carboxylic acids is 3. The van der Waals surface area contributed by atoms with Crippen molar-refractivity contribution in [3.63, 3.8) is 0 Å².